The fourth-order valence-corrected chi connectivity index (χ4v) is 2.53. The molecule has 0 saturated heterocycles. The number of hydrogen-bond acceptors (Lipinski definition) is 3. The Morgan fingerprint density at radius 1 is 1.39 bits per heavy atom. The summed E-state index contributed by atoms with van der Waals surface area (Å²) in [4.78, 5) is 14.2. The molecule has 0 heterocycles. The Morgan fingerprint density at radius 3 is 2.72 bits per heavy atom. The van der Waals surface area contributed by atoms with Crippen molar-refractivity contribution in [3.8, 4) is 0 Å². The highest BCUT2D eigenvalue weighted by atomic mass is 16.4. The maximum Gasteiger partial charge on any atom is 0.323 e. The Hall–Kier alpha value is -1.26. The molecule has 0 aliphatic heterocycles. The molecule has 1 fully saturated rings. The van der Waals surface area contributed by atoms with Crippen molar-refractivity contribution >= 4 is 5.97 Å². The van der Waals surface area contributed by atoms with Crippen LogP contribution in [-0.2, 0) is 4.79 Å². The molecule has 0 spiro atoms. The molecule has 0 aromatic rings. The summed E-state index contributed by atoms with van der Waals surface area (Å²) < 4.78 is 0. The lowest BCUT2D eigenvalue weighted by molar-refractivity contribution is -0.145. The Bertz CT molecular complexity index is 350. The van der Waals surface area contributed by atoms with Gasteiger partial charge in [0.05, 0.1) is 0 Å². The Balaban J connectivity index is 2.68. The third-order valence-corrected chi connectivity index (χ3v) is 3.83. The highest BCUT2D eigenvalue weighted by Crippen LogP contribution is 2.38. The zero-order valence-corrected chi connectivity index (χ0v) is 11.1. The molecule has 102 valence electrons. The molecule has 6 heteroatoms. The fourth-order valence-electron chi connectivity index (χ4n) is 2.53. The van der Waals surface area contributed by atoms with Gasteiger partial charge in [-0.2, -0.15) is 0 Å². The van der Waals surface area contributed by atoms with Gasteiger partial charge in [-0.3, -0.25) is 4.79 Å². The molecule has 1 unspecified atom stereocenters. The number of nitrogens with zero attached hydrogens (tertiary/aromatic N) is 3. The minimum Gasteiger partial charge on any atom is -0.480 e. The molecule has 0 aromatic carbocycles. The quantitative estimate of drug-likeness (QED) is 0.259. The van der Waals surface area contributed by atoms with E-state index in [4.69, 9.17) is 5.53 Å². The van der Waals surface area contributed by atoms with Crippen molar-refractivity contribution in [3.05, 3.63) is 10.4 Å². The summed E-state index contributed by atoms with van der Waals surface area (Å²) in [6.45, 7) is 5.07. The Labute approximate surface area is 107 Å². The van der Waals surface area contributed by atoms with Crippen molar-refractivity contribution in [3.63, 3.8) is 0 Å². The largest absolute Gasteiger partial charge is 0.480 e. The summed E-state index contributed by atoms with van der Waals surface area (Å²) in [5.74, 6) is -0.791. The van der Waals surface area contributed by atoms with E-state index < -0.39 is 11.5 Å². The fraction of sp³-hybridized carbons (Fsp3) is 0.917. The van der Waals surface area contributed by atoms with Crippen molar-refractivity contribution in [2.75, 3.05) is 13.1 Å². The van der Waals surface area contributed by atoms with Crippen LogP contribution in [0, 0.1) is 5.41 Å². The third kappa shape index (κ3) is 3.89. The van der Waals surface area contributed by atoms with Crippen molar-refractivity contribution in [2.45, 2.75) is 51.5 Å². The average Bonchev–Trinajstić information content (AvgIpc) is 2.45. The molecule has 0 amide bonds. The molecule has 1 rings (SSSR count). The SMILES string of the molecule is CC1(C)CCCC(NCCN=[N+]=[N-])(C(=O)O)CC1. The minimum atomic E-state index is -0.848. The number of carbonyl (C=O) groups is 1. The van der Waals surface area contributed by atoms with Gasteiger partial charge in [-0.1, -0.05) is 25.4 Å². The summed E-state index contributed by atoms with van der Waals surface area (Å²) in [7, 11) is 0. The van der Waals surface area contributed by atoms with Crippen LogP contribution in [0.3, 0.4) is 0 Å². The number of aliphatic carboxylic acids is 1. The van der Waals surface area contributed by atoms with E-state index in [0.29, 0.717) is 19.4 Å². The van der Waals surface area contributed by atoms with Crippen LogP contribution in [0.2, 0.25) is 0 Å². The number of nitrogens with one attached hydrogen (secondary N) is 1. The summed E-state index contributed by atoms with van der Waals surface area (Å²) in [6, 6.07) is 0. The van der Waals surface area contributed by atoms with E-state index in [-0.39, 0.29) is 12.0 Å². The lowest BCUT2D eigenvalue weighted by Gasteiger charge is -2.30. The highest BCUT2D eigenvalue weighted by Gasteiger charge is 2.41. The second-order valence-corrected chi connectivity index (χ2v) is 5.79. The topological polar surface area (TPSA) is 98.1 Å². The predicted octanol–water partition coefficient (Wildman–Crippen LogP) is 2.70. The summed E-state index contributed by atoms with van der Waals surface area (Å²) in [6.07, 6.45) is 4.13. The van der Waals surface area contributed by atoms with Crippen LogP contribution in [0.4, 0.5) is 0 Å². The molecule has 18 heavy (non-hydrogen) atoms. The van der Waals surface area contributed by atoms with Gasteiger partial charge < -0.3 is 10.4 Å². The number of carboxylic acid groups (broad SMARTS) is 1. The zero-order chi connectivity index (χ0) is 13.6. The second kappa shape index (κ2) is 6.07. The van der Waals surface area contributed by atoms with E-state index in [1.165, 1.54) is 0 Å². The van der Waals surface area contributed by atoms with Crippen molar-refractivity contribution in [2.24, 2.45) is 10.5 Å². The van der Waals surface area contributed by atoms with Gasteiger partial charge in [0.15, 0.2) is 0 Å². The molecule has 1 aliphatic rings. The van der Waals surface area contributed by atoms with Crippen LogP contribution in [0.15, 0.2) is 5.11 Å². The molecule has 6 nitrogen and oxygen atoms in total. The predicted molar refractivity (Wildman–Crippen MR) is 69.2 cm³/mol. The van der Waals surface area contributed by atoms with Crippen molar-refractivity contribution < 1.29 is 9.90 Å². The molecule has 1 aliphatic carbocycles. The third-order valence-electron chi connectivity index (χ3n) is 3.83. The minimum absolute atomic E-state index is 0.212. The Kier molecular flexibility index (Phi) is 4.99. The standard InChI is InChI=1S/C12H22N4O2/c1-11(2)4-3-5-12(7-6-11,10(17)18)14-8-9-15-16-13/h14H,3-9H2,1-2H3,(H,17,18). The zero-order valence-electron chi connectivity index (χ0n) is 11.1. The molecule has 1 saturated carbocycles. The second-order valence-electron chi connectivity index (χ2n) is 5.79. The van der Waals surface area contributed by atoms with Crippen LogP contribution in [0.5, 0.6) is 0 Å². The van der Waals surface area contributed by atoms with Gasteiger partial charge in [0.1, 0.15) is 5.54 Å². The van der Waals surface area contributed by atoms with Crippen LogP contribution < -0.4 is 5.32 Å². The number of hydrogen-bond donors (Lipinski definition) is 2. The lowest BCUT2D eigenvalue weighted by Crippen LogP contribution is -2.52. The van der Waals surface area contributed by atoms with E-state index in [2.05, 4.69) is 29.2 Å². The lowest BCUT2D eigenvalue weighted by atomic mass is 9.83. The van der Waals surface area contributed by atoms with Crippen LogP contribution in [-0.4, -0.2) is 29.7 Å². The van der Waals surface area contributed by atoms with Gasteiger partial charge in [-0.15, -0.1) is 0 Å². The first-order chi connectivity index (χ1) is 8.42. The number of carboxylic acids is 1. The highest BCUT2D eigenvalue weighted by molar-refractivity contribution is 5.78. The smallest absolute Gasteiger partial charge is 0.323 e. The monoisotopic (exact) mass is 254 g/mol. The maximum absolute atomic E-state index is 11.5. The molecular formula is C12H22N4O2. The first kappa shape index (κ1) is 14.8. The van der Waals surface area contributed by atoms with Crippen LogP contribution in [0.25, 0.3) is 10.4 Å². The summed E-state index contributed by atoms with van der Waals surface area (Å²) >= 11 is 0. The molecule has 0 aromatic heterocycles. The van der Waals surface area contributed by atoms with Crippen molar-refractivity contribution in [1.29, 1.82) is 0 Å². The molecule has 0 radical (unpaired) electrons. The Morgan fingerprint density at radius 2 is 2.11 bits per heavy atom. The van der Waals surface area contributed by atoms with Gasteiger partial charge in [-0.05, 0) is 36.6 Å². The number of rotatable bonds is 5. The summed E-state index contributed by atoms with van der Waals surface area (Å²) in [5, 5.41) is 16.0. The molecular weight excluding hydrogens is 232 g/mol. The van der Waals surface area contributed by atoms with Gasteiger partial charge >= 0.3 is 5.97 Å². The molecule has 1 atom stereocenters. The van der Waals surface area contributed by atoms with Crippen molar-refractivity contribution in [1.82, 2.24) is 5.32 Å². The average molecular weight is 254 g/mol. The van der Waals surface area contributed by atoms with Gasteiger partial charge in [0.25, 0.3) is 0 Å². The van der Waals surface area contributed by atoms with E-state index in [0.717, 1.165) is 19.3 Å². The molecule has 2 N–H and O–H groups in total. The molecule has 0 bridgehead atoms. The summed E-state index contributed by atoms with van der Waals surface area (Å²) in [5.41, 5.74) is 7.57. The van der Waals surface area contributed by atoms with Gasteiger partial charge in [0, 0.05) is 18.0 Å². The van der Waals surface area contributed by atoms with Gasteiger partial charge in [0.2, 0.25) is 0 Å². The van der Waals surface area contributed by atoms with E-state index >= 15 is 0 Å². The maximum atomic E-state index is 11.5. The van der Waals surface area contributed by atoms with E-state index in [9.17, 15) is 9.90 Å². The van der Waals surface area contributed by atoms with E-state index in [1.807, 2.05) is 0 Å². The van der Waals surface area contributed by atoms with Crippen LogP contribution in [0.1, 0.15) is 46.0 Å². The first-order valence-corrected chi connectivity index (χ1v) is 6.41. The number of azide groups is 1. The van der Waals surface area contributed by atoms with Crippen LogP contribution >= 0.6 is 0 Å². The van der Waals surface area contributed by atoms with E-state index in [1.54, 1.807) is 0 Å². The normalized spacial score (nSPS) is 27.0. The first-order valence-electron chi connectivity index (χ1n) is 6.41. The van der Waals surface area contributed by atoms with Gasteiger partial charge in [-0.25, -0.2) is 0 Å².